The van der Waals surface area contributed by atoms with Crippen molar-refractivity contribution in [1.29, 1.82) is 0 Å². The number of rotatable bonds is 4. The summed E-state index contributed by atoms with van der Waals surface area (Å²) in [5.41, 5.74) is 0. The average Bonchev–Trinajstić information content (AvgIpc) is 2.90. The fourth-order valence-corrected chi connectivity index (χ4v) is 4.09. The van der Waals surface area contributed by atoms with Gasteiger partial charge in [-0.3, -0.25) is 18.2 Å². The molecule has 0 aliphatic rings. The van der Waals surface area contributed by atoms with Crippen LogP contribution < -0.4 is 0 Å². The van der Waals surface area contributed by atoms with Gasteiger partial charge in [0, 0.05) is 0 Å². The topological polar surface area (TPSA) is 217 Å². The molecule has 0 radical (unpaired) electrons. The van der Waals surface area contributed by atoms with E-state index in [0.717, 1.165) is 0 Å². The minimum absolute atomic E-state index is 0. The summed E-state index contributed by atoms with van der Waals surface area (Å²) in [5, 5.41) is 0. The molecule has 0 unspecified atom stereocenters. The molecule has 0 atom stereocenters. The Hall–Kier alpha value is -2.96. The van der Waals surface area contributed by atoms with E-state index in [1.54, 1.807) is 0 Å². The Morgan fingerprint density at radius 2 is 0.463 bits per heavy atom. The summed E-state index contributed by atoms with van der Waals surface area (Å²) in [6.45, 7) is 0. The van der Waals surface area contributed by atoms with E-state index in [0.29, 0.717) is 0 Å². The van der Waals surface area contributed by atoms with Crippen LogP contribution in [0.4, 0.5) is 0 Å². The van der Waals surface area contributed by atoms with Crippen LogP contribution in [0, 0.1) is 24.3 Å². The van der Waals surface area contributed by atoms with Crippen LogP contribution in [-0.4, -0.2) is 51.9 Å². The van der Waals surface area contributed by atoms with E-state index in [1.807, 2.05) is 0 Å². The van der Waals surface area contributed by atoms with Crippen LogP contribution >= 0.6 is 0 Å². The van der Waals surface area contributed by atoms with Crippen LogP contribution in [0.5, 0.6) is 0 Å². The minimum Gasteiger partial charge on any atom is -0.283 e. The molecular formula is C24H20FeO12S4. The molecule has 0 aromatic heterocycles. The van der Waals surface area contributed by atoms with Gasteiger partial charge in [-0.2, -0.15) is 106 Å². The molecule has 4 aromatic rings. The first-order chi connectivity index (χ1) is 18.4. The normalized spacial score (nSPS) is 11.0. The first-order valence-corrected chi connectivity index (χ1v) is 15.9. The zero-order valence-corrected chi connectivity index (χ0v) is 24.6. The van der Waals surface area contributed by atoms with Crippen molar-refractivity contribution in [2.24, 2.45) is 0 Å². The fourth-order valence-electron chi connectivity index (χ4n) is 2.17. The van der Waals surface area contributed by atoms with Crippen molar-refractivity contribution in [2.45, 2.75) is 19.6 Å². The molecule has 4 rings (SSSR count). The van der Waals surface area contributed by atoms with Gasteiger partial charge in [0.2, 0.25) is 0 Å². The molecule has 0 bridgehead atoms. The van der Waals surface area contributed by atoms with Crippen molar-refractivity contribution in [2.75, 3.05) is 0 Å². The van der Waals surface area contributed by atoms with Crippen molar-refractivity contribution in [3.8, 4) is 0 Å². The molecule has 12 nitrogen and oxygen atoms in total. The van der Waals surface area contributed by atoms with Gasteiger partial charge < -0.3 is 0 Å². The van der Waals surface area contributed by atoms with E-state index in [-0.39, 0.29) is 36.7 Å². The van der Waals surface area contributed by atoms with Crippen molar-refractivity contribution < 1.29 is 69.0 Å². The van der Waals surface area contributed by atoms with Crippen molar-refractivity contribution in [3.05, 3.63) is 121 Å². The predicted molar refractivity (Wildman–Crippen MR) is 140 cm³/mol. The molecule has 0 fully saturated rings. The molecule has 4 N–H and O–H groups in total. The summed E-state index contributed by atoms with van der Waals surface area (Å²) in [6.07, 6.45) is 0. The maximum atomic E-state index is 10.4. The van der Waals surface area contributed by atoms with Gasteiger partial charge in [-0.05, 0) is 19.6 Å². The van der Waals surface area contributed by atoms with Gasteiger partial charge in [0.1, 0.15) is 0 Å². The smallest absolute Gasteiger partial charge is 0.283 e. The zero-order valence-electron chi connectivity index (χ0n) is 20.3. The molecule has 0 aliphatic heterocycles. The summed E-state index contributed by atoms with van der Waals surface area (Å²) in [4.78, 5) is -0.421. The Balaban J connectivity index is 0.000000516. The average molecular weight is 685 g/mol. The first-order valence-electron chi connectivity index (χ1n) is 10.2. The molecule has 17 heteroatoms. The maximum absolute atomic E-state index is 10.4. The Morgan fingerprint density at radius 3 is 0.537 bits per heavy atom. The second kappa shape index (κ2) is 17.1. The third-order valence-corrected chi connectivity index (χ3v) is 7.41. The van der Waals surface area contributed by atoms with Crippen LogP contribution in [0.2, 0.25) is 0 Å². The van der Waals surface area contributed by atoms with Gasteiger partial charge in [-0.15, -0.1) is 48.5 Å². The summed E-state index contributed by atoms with van der Waals surface area (Å²) in [7, 11) is -16.1. The fraction of sp³-hybridized carbons (Fsp3) is 0. The maximum Gasteiger partial charge on any atom is 4.00 e. The largest absolute Gasteiger partial charge is 4.00 e. The second-order valence-corrected chi connectivity index (χ2v) is 12.5. The summed E-state index contributed by atoms with van der Waals surface area (Å²) in [6, 6.07) is 32.1. The second-order valence-electron chi connectivity index (χ2n) is 6.84. The molecule has 0 saturated heterocycles. The van der Waals surface area contributed by atoms with Crippen molar-refractivity contribution in [1.82, 2.24) is 0 Å². The van der Waals surface area contributed by atoms with Crippen molar-refractivity contribution >= 4 is 40.5 Å². The summed E-state index contributed by atoms with van der Waals surface area (Å²) in [5.74, 6) is 0. The summed E-state index contributed by atoms with van der Waals surface area (Å²) >= 11 is 0. The van der Waals surface area contributed by atoms with E-state index >= 15 is 0 Å². The molecule has 0 spiro atoms. The zero-order chi connectivity index (χ0) is 30.5. The summed E-state index contributed by atoms with van der Waals surface area (Å²) < 4.78 is 117. The van der Waals surface area contributed by atoms with Gasteiger partial charge in [-0.1, -0.05) is 0 Å². The first kappa shape index (κ1) is 38.0. The van der Waals surface area contributed by atoms with E-state index < -0.39 is 40.5 Å². The van der Waals surface area contributed by atoms with Gasteiger partial charge in [0.05, 0.1) is 0 Å². The molecule has 220 valence electrons. The third kappa shape index (κ3) is 16.2. The van der Waals surface area contributed by atoms with Gasteiger partial charge >= 0.3 is 17.1 Å². The molecule has 0 amide bonds. The van der Waals surface area contributed by atoms with Gasteiger partial charge in [0.25, 0.3) is 40.5 Å². The quantitative estimate of drug-likeness (QED) is 0.139. The predicted octanol–water partition coefficient (Wildman–Crippen LogP) is 2.93. The van der Waals surface area contributed by atoms with Crippen LogP contribution in [-0.2, 0) is 57.5 Å². The van der Waals surface area contributed by atoms with Gasteiger partial charge in [0.15, 0.2) is 0 Å². The minimum atomic E-state index is -4.02. The Morgan fingerprint density at radius 1 is 0.341 bits per heavy atom. The molecular weight excluding hydrogens is 664 g/mol. The van der Waals surface area contributed by atoms with Crippen LogP contribution in [0.15, 0.2) is 117 Å². The Bertz CT molecular complexity index is 1480. The van der Waals surface area contributed by atoms with Crippen LogP contribution in [0.1, 0.15) is 0 Å². The molecule has 4 aromatic carbocycles. The SMILES string of the molecule is O=S(=O)(O)c1cc[c-]cc1.O=S(=O)(O)c1cc[c-]cc1.O=S(=O)(O)c1cc[c-]cc1.O=S(=O)(O)c1cc[c-]cc1.[Fe+4]. The molecule has 41 heavy (non-hydrogen) atoms. The monoisotopic (exact) mass is 684 g/mol. The van der Waals surface area contributed by atoms with Crippen molar-refractivity contribution in [3.63, 3.8) is 0 Å². The standard InChI is InChI=1S/4C6H5O3S.Fe/c4*7-10(8,9)6-4-2-1-3-5-6;/h4*2-5H,(H,7,8,9);/q4*-1;+4. The van der Waals surface area contributed by atoms with Crippen LogP contribution in [0.3, 0.4) is 0 Å². The van der Waals surface area contributed by atoms with E-state index in [2.05, 4.69) is 24.3 Å². The number of hydrogen-bond donors (Lipinski definition) is 4. The van der Waals surface area contributed by atoms with Crippen LogP contribution in [0.25, 0.3) is 0 Å². The molecule has 0 saturated carbocycles. The van der Waals surface area contributed by atoms with E-state index in [4.69, 9.17) is 18.2 Å². The third-order valence-electron chi connectivity index (χ3n) is 3.94. The number of hydrogen-bond acceptors (Lipinski definition) is 8. The Kier molecular flexibility index (Phi) is 15.9. The molecule has 0 heterocycles. The number of benzene rings is 4. The van der Waals surface area contributed by atoms with E-state index in [1.165, 1.54) is 97.1 Å². The van der Waals surface area contributed by atoms with Gasteiger partial charge in [-0.25, -0.2) is 0 Å². The van der Waals surface area contributed by atoms with E-state index in [9.17, 15) is 33.7 Å². The Labute approximate surface area is 249 Å². The molecule has 0 aliphatic carbocycles.